The molecule has 0 saturated carbocycles. The summed E-state index contributed by atoms with van der Waals surface area (Å²) < 4.78 is 5.35. The van der Waals surface area contributed by atoms with Gasteiger partial charge in [-0.15, -0.1) is 0 Å². The Morgan fingerprint density at radius 2 is 2.12 bits per heavy atom. The van der Waals surface area contributed by atoms with Crippen LogP contribution in [0.25, 0.3) is 0 Å². The Morgan fingerprint density at radius 3 is 2.71 bits per heavy atom. The molecule has 0 aromatic heterocycles. The summed E-state index contributed by atoms with van der Waals surface area (Å²) in [6, 6.07) is 0. The van der Waals surface area contributed by atoms with Gasteiger partial charge in [0.05, 0.1) is 0 Å². The maximum absolute atomic E-state index is 11.7. The van der Waals surface area contributed by atoms with Crippen molar-refractivity contribution in [3.05, 3.63) is 0 Å². The molecule has 1 aliphatic heterocycles. The van der Waals surface area contributed by atoms with E-state index in [2.05, 4.69) is 5.32 Å². The van der Waals surface area contributed by atoms with Crippen LogP contribution in [0.3, 0.4) is 0 Å². The zero-order valence-electron chi connectivity index (χ0n) is 10.3. The lowest BCUT2D eigenvalue weighted by Gasteiger charge is -2.14. The van der Waals surface area contributed by atoms with Crippen molar-refractivity contribution in [2.75, 3.05) is 13.2 Å². The smallest absolute Gasteiger partial charge is 0.303 e. The largest absolute Gasteiger partial charge is 0.481 e. The van der Waals surface area contributed by atoms with Crippen LogP contribution in [0.15, 0.2) is 0 Å². The maximum Gasteiger partial charge on any atom is 0.303 e. The first kappa shape index (κ1) is 14.0. The summed E-state index contributed by atoms with van der Waals surface area (Å²) in [5, 5.41) is 11.3. The van der Waals surface area contributed by atoms with Gasteiger partial charge in [-0.3, -0.25) is 9.59 Å². The van der Waals surface area contributed by atoms with Crippen LogP contribution in [0, 0.1) is 5.92 Å². The number of carboxylic acid groups (broad SMARTS) is 1. The van der Waals surface area contributed by atoms with Gasteiger partial charge >= 0.3 is 5.97 Å². The third-order valence-corrected chi connectivity index (χ3v) is 3.01. The predicted octanol–water partition coefficient (Wildman–Crippen LogP) is 1.17. The number of carbonyl (C=O) groups is 2. The summed E-state index contributed by atoms with van der Waals surface area (Å²) in [5.41, 5.74) is 0. The zero-order chi connectivity index (χ0) is 12.7. The predicted molar refractivity (Wildman–Crippen MR) is 62.6 cm³/mol. The molecule has 17 heavy (non-hydrogen) atoms. The summed E-state index contributed by atoms with van der Waals surface area (Å²) >= 11 is 0. The fraction of sp³-hybridized carbons (Fsp3) is 0.833. The van der Waals surface area contributed by atoms with Crippen molar-refractivity contribution in [3.63, 3.8) is 0 Å². The molecule has 2 atom stereocenters. The summed E-state index contributed by atoms with van der Waals surface area (Å²) in [7, 11) is 0. The van der Waals surface area contributed by atoms with Crippen LogP contribution >= 0.6 is 0 Å². The molecular weight excluding hydrogens is 222 g/mol. The molecule has 5 nitrogen and oxygen atoms in total. The van der Waals surface area contributed by atoms with E-state index in [0.717, 1.165) is 19.3 Å². The van der Waals surface area contributed by atoms with Crippen LogP contribution in [0.5, 0.6) is 0 Å². The average molecular weight is 243 g/mol. The van der Waals surface area contributed by atoms with E-state index < -0.39 is 5.97 Å². The van der Waals surface area contributed by atoms with Crippen LogP contribution in [-0.4, -0.2) is 36.2 Å². The quantitative estimate of drug-likeness (QED) is 0.658. The number of carbonyl (C=O) groups excluding carboxylic acids is 1. The van der Waals surface area contributed by atoms with Crippen molar-refractivity contribution in [1.82, 2.24) is 5.32 Å². The van der Waals surface area contributed by atoms with Gasteiger partial charge in [0, 0.05) is 19.6 Å². The summed E-state index contributed by atoms with van der Waals surface area (Å²) in [5.74, 6) is -0.502. The molecule has 1 heterocycles. The van der Waals surface area contributed by atoms with E-state index in [1.165, 1.54) is 0 Å². The van der Waals surface area contributed by atoms with E-state index in [0.29, 0.717) is 25.5 Å². The van der Waals surface area contributed by atoms with Crippen molar-refractivity contribution in [3.8, 4) is 0 Å². The highest BCUT2D eigenvalue weighted by Gasteiger charge is 2.30. The fourth-order valence-corrected chi connectivity index (χ4v) is 1.92. The second-order valence-electron chi connectivity index (χ2n) is 4.55. The van der Waals surface area contributed by atoms with Crippen LogP contribution in [0.4, 0.5) is 0 Å². The van der Waals surface area contributed by atoms with Gasteiger partial charge < -0.3 is 15.2 Å². The first-order valence-electron chi connectivity index (χ1n) is 6.22. The third-order valence-electron chi connectivity index (χ3n) is 3.01. The van der Waals surface area contributed by atoms with Crippen molar-refractivity contribution in [2.24, 2.45) is 5.92 Å². The maximum atomic E-state index is 11.7. The Hall–Kier alpha value is -1.10. The Kier molecular flexibility index (Phi) is 5.97. The average Bonchev–Trinajstić information content (AvgIpc) is 2.69. The van der Waals surface area contributed by atoms with Gasteiger partial charge in [-0.1, -0.05) is 13.3 Å². The number of ether oxygens (including phenoxy) is 1. The van der Waals surface area contributed by atoms with E-state index in [1.54, 1.807) is 0 Å². The van der Waals surface area contributed by atoms with Gasteiger partial charge in [-0.05, 0) is 25.2 Å². The van der Waals surface area contributed by atoms with Crippen molar-refractivity contribution < 1.29 is 19.4 Å². The SMILES string of the molecule is CC1CCOC1C(=O)NCCCCCC(=O)O. The van der Waals surface area contributed by atoms with Crippen molar-refractivity contribution in [2.45, 2.75) is 45.1 Å². The molecule has 98 valence electrons. The van der Waals surface area contributed by atoms with Crippen LogP contribution in [0.1, 0.15) is 39.0 Å². The minimum absolute atomic E-state index is 0.0340. The number of hydrogen-bond acceptors (Lipinski definition) is 3. The Bertz CT molecular complexity index is 267. The number of unbranched alkanes of at least 4 members (excludes halogenated alkanes) is 2. The lowest BCUT2D eigenvalue weighted by atomic mass is 10.0. The van der Waals surface area contributed by atoms with Crippen molar-refractivity contribution >= 4 is 11.9 Å². The summed E-state index contributed by atoms with van der Waals surface area (Å²) in [6.45, 7) is 3.28. The van der Waals surface area contributed by atoms with E-state index in [1.807, 2.05) is 6.92 Å². The molecule has 0 spiro atoms. The second-order valence-corrected chi connectivity index (χ2v) is 4.55. The zero-order valence-corrected chi connectivity index (χ0v) is 10.3. The summed E-state index contributed by atoms with van der Waals surface area (Å²) in [4.78, 5) is 21.9. The highest BCUT2D eigenvalue weighted by atomic mass is 16.5. The van der Waals surface area contributed by atoms with Crippen LogP contribution in [0.2, 0.25) is 0 Å². The molecule has 1 saturated heterocycles. The summed E-state index contributed by atoms with van der Waals surface area (Å²) in [6.07, 6.45) is 3.16. The van der Waals surface area contributed by atoms with Gasteiger partial charge in [0.2, 0.25) is 5.91 Å². The molecular formula is C12H21NO4. The Balaban J connectivity index is 2.02. The van der Waals surface area contributed by atoms with Gasteiger partial charge in [0.1, 0.15) is 6.10 Å². The van der Waals surface area contributed by atoms with Gasteiger partial charge in [0.15, 0.2) is 0 Å². The lowest BCUT2D eigenvalue weighted by molar-refractivity contribution is -0.137. The van der Waals surface area contributed by atoms with E-state index in [9.17, 15) is 9.59 Å². The number of nitrogens with one attached hydrogen (secondary N) is 1. The minimum atomic E-state index is -0.762. The molecule has 0 radical (unpaired) electrons. The molecule has 5 heteroatoms. The standard InChI is InChI=1S/C12H21NO4/c1-9-6-8-17-11(9)12(16)13-7-4-2-3-5-10(14)15/h9,11H,2-8H2,1H3,(H,13,16)(H,14,15). The highest BCUT2D eigenvalue weighted by molar-refractivity contribution is 5.81. The molecule has 1 rings (SSSR count). The number of carboxylic acids is 1. The Morgan fingerprint density at radius 1 is 1.35 bits per heavy atom. The van der Waals surface area contributed by atoms with E-state index >= 15 is 0 Å². The van der Waals surface area contributed by atoms with Crippen molar-refractivity contribution in [1.29, 1.82) is 0 Å². The number of aliphatic carboxylic acids is 1. The van der Waals surface area contributed by atoms with E-state index in [4.69, 9.17) is 9.84 Å². The molecule has 2 unspecified atom stereocenters. The first-order chi connectivity index (χ1) is 8.11. The van der Waals surface area contributed by atoms with Gasteiger partial charge in [-0.2, -0.15) is 0 Å². The van der Waals surface area contributed by atoms with E-state index in [-0.39, 0.29) is 18.4 Å². The molecule has 2 N–H and O–H groups in total. The normalized spacial score (nSPS) is 23.6. The molecule has 1 aliphatic rings. The molecule has 1 amide bonds. The number of amides is 1. The van der Waals surface area contributed by atoms with Crippen LogP contribution in [-0.2, 0) is 14.3 Å². The minimum Gasteiger partial charge on any atom is -0.481 e. The topological polar surface area (TPSA) is 75.6 Å². The highest BCUT2D eigenvalue weighted by Crippen LogP contribution is 2.19. The second kappa shape index (κ2) is 7.27. The molecule has 0 bridgehead atoms. The molecule has 1 fully saturated rings. The van der Waals surface area contributed by atoms with Crippen LogP contribution < -0.4 is 5.32 Å². The number of hydrogen-bond donors (Lipinski definition) is 2. The molecule has 0 aromatic carbocycles. The van der Waals surface area contributed by atoms with Gasteiger partial charge in [0.25, 0.3) is 0 Å². The van der Waals surface area contributed by atoms with Gasteiger partial charge in [-0.25, -0.2) is 0 Å². The first-order valence-corrected chi connectivity index (χ1v) is 6.22. The monoisotopic (exact) mass is 243 g/mol. The number of rotatable bonds is 7. The fourth-order valence-electron chi connectivity index (χ4n) is 1.92. The Labute approximate surface area is 102 Å². The molecule has 0 aliphatic carbocycles. The lowest BCUT2D eigenvalue weighted by Crippen LogP contribution is -2.37. The third kappa shape index (κ3) is 5.17. The molecule has 0 aromatic rings.